The van der Waals surface area contributed by atoms with Crippen LogP contribution in [-0.4, -0.2) is 16.8 Å². The normalized spacial score (nSPS) is 20.4. The predicted octanol–water partition coefficient (Wildman–Crippen LogP) is 4.71. The number of rotatable bonds is 3. The van der Waals surface area contributed by atoms with Gasteiger partial charge in [-0.05, 0) is 41.2 Å². The van der Waals surface area contributed by atoms with E-state index in [9.17, 15) is 9.59 Å². The molecule has 0 aromatic heterocycles. The summed E-state index contributed by atoms with van der Waals surface area (Å²) in [5.41, 5.74) is 1.89. The Morgan fingerprint density at radius 2 is 1.58 bits per heavy atom. The van der Waals surface area contributed by atoms with E-state index in [1.807, 2.05) is 48.5 Å². The van der Waals surface area contributed by atoms with Crippen molar-refractivity contribution in [1.82, 2.24) is 10.2 Å². The highest BCUT2D eigenvalue weighted by Crippen LogP contribution is 2.31. The Bertz CT molecular complexity index is 838. The molecule has 1 aliphatic heterocycles. The molecule has 0 bridgehead atoms. The first kappa shape index (κ1) is 18.6. The summed E-state index contributed by atoms with van der Waals surface area (Å²) in [6.07, 6.45) is 0. The first-order valence-corrected chi connectivity index (χ1v) is 9.40. The molecule has 1 heterocycles. The summed E-state index contributed by atoms with van der Waals surface area (Å²) in [5.74, 6) is -0.228. The van der Waals surface area contributed by atoms with Gasteiger partial charge in [0, 0.05) is 4.47 Å². The summed E-state index contributed by atoms with van der Waals surface area (Å²) in [5, 5.41) is 2.86. The molecule has 26 heavy (non-hydrogen) atoms. The summed E-state index contributed by atoms with van der Waals surface area (Å²) < 4.78 is 0.960. The van der Waals surface area contributed by atoms with Crippen LogP contribution in [0, 0.1) is 0 Å². The molecule has 1 N–H and O–H groups in total. The summed E-state index contributed by atoms with van der Waals surface area (Å²) in [6, 6.07) is 15.2. The molecular weight excluding hydrogens is 392 g/mol. The van der Waals surface area contributed by atoms with Gasteiger partial charge in [-0.2, -0.15) is 0 Å². The lowest BCUT2D eigenvalue weighted by molar-refractivity contribution is -0.131. The average Bonchev–Trinajstić information content (AvgIpc) is 2.80. The molecule has 2 aromatic carbocycles. The van der Waals surface area contributed by atoms with Gasteiger partial charge in [-0.3, -0.25) is 9.69 Å². The van der Waals surface area contributed by atoms with Gasteiger partial charge >= 0.3 is 6.03 Å². The number of hydrogen-bond acceptors (Lipinski definition) is 2. The fraction of sp³-hybridized carbons (Fsp3) is 0.333. The second kappa shape index (κ2) is 6.54. The summed E-state index contributed by atoms with van der Waals surface area (Å²) >= 11 is 3.39. The van der Waals surface area contributed by atoms with E-state index >= 15 is 0 Å². The molecule has 136 valence electrons. The number of imide groups is 1. The van der Waals surface area contributed by atoms with Gasteiger partial charge in [0.2, 0.25) is 0 Å². The number of carbonyl (C=O) groups excluding carboxylic acids is 2. The van der Waals surface area contributed by atoms with Gasteiger partial charge in [0.15, 0.2) is 0 Å². The number of amides is 3. The van der Waals surface area contributed by atoms with Gasteiger partial charge in [0.1, 0.15) is 5.54 Å². The Morgan fingerprint density at radius 3 is 2.12 bits per heavy atom. The molecule has 1 atom stereocenters. The van der Waals surface area contributed by atoms with Crippen molar-refractivity contribution in [3.8, 4) is 0 Å². The van der Waals surface area contributed by atoms with Crippen molar-refractivity contribution in [1.29, 1.82) is 0 Å². The zero-order valence-electron chi connectivity index (χ0n) is 15.5. The molecule has 1 fully saturated rings. The van der Waals surface area contributed by atoms with Crippen LogP contribution >= 0.6 is 15.9 Å². The van der Waals surface area contributed by atoms with E-state index in [1.54, 1.807) is 6.92 Å². The van der Waals surface area contributed by atoms with E-state index in [0.29, 0.717) is 0 Å². The Kier molecular flexibility index (Phi) is 4.69. The lowest BCUT2D eigenvalue weighted by Crippen LogP contribution is -2.40. The third-order valence-electron chi connectivity index (χ3n) is 4.86. The highest BCUT2D eigenvalue weighted by molar-refractivity contribution is 9.10. The molecule has 4 nitrogen and oxygen atoms in total. The Labute approximate surface area is 162 Å². The highest BCUT2D eigenvalue weighted by Gasteiger charge is 2.48. The summed E-state index contributed by atoms with van der Waals surface area (Å²) in [6.45, 7) is 8.46. The second-order valence-corrected chi connectivity index (χ2v) is 8.82. The van der Waals surface area contributed by atoms with Crippen LogP contribution in [0.2, 0.25) is 0 Å². The quantitative estimate of drug-likeness (QED) is 0.738. The van der Waals surface area contributed by atoms with Crippen molar-refractivity contribution >= 4 is 27.9 Å². The van der Waals surface area contributed by atoms with E-state index in [0.717, 1.165) is 15.6 Å². The molecule has 2 aromatic rings. The van der Waals surface area contributed by atoms with E-state index < -0.39 is 5.54 Å². The second-order valence-electron chi connectivity index (χ2n) is 7.90. The van der Waals surface area contributed by atoms with Crippen molar-refractivity contribution in [2.75, 3.05) is 0 Å². The van der Waals surface area contributed by atoms with Crippen molar-refractivity contribution in [3.05, 3.63) is 69.7 Å². The lowest BCUT2D eigenvalue weighted by Gasteiger charge is -2.24. The maximum Gasteiger partial charge on any atom is 0.325 e. The number of urea groups is 1. The molecule has 5 heteroatoms. The van der Waals surface area contributed by atoms with Gasteiger partial charge < -0.3 is 5.32 Å². The maximum absolute atomic E-state index is 13.0. The van der Waals surface area contributed by atoms with Crippen molar-refractivity contribution in [2.24, 2.45) is 0 Å². The molecule has 0 saturated carbocycles. The largest absolute Gasteiger partial charge is 0.325 e. The van der Waals surface area contributed by atoms with Crippen LogP contribution in [0.3, 0.4) is 0 Å². The third-order valence-corrected chi connectivity index (χ3v) is 5.39. The van der Waals surface area contributed by atoms with Crippen LogP contribution in [0.1, 0.15) is 44.4 Å². The van der Waals surface area contributed by atoms with E-state index in [2.05, 4.69) is 42.0 Å². The Hall–Kier alpha value is -2.14. The minimum Gasteiger partial charge on any atom is -0.319 e. The standard InChI is InChI=1S/C21H23BrN2O2/c1-20(2,3)15-7-9-16(10-8-15)21(4)18(25)24(19(26)23-21)13-14-5-11-17(22)12-6-14/h5-12H,13H2,1-4H3,(H,23,26)/t21-/m1/s1. The van der Waals surface area contributed by atoms with Crippen LogP contribution in [0.4, 0.5) is 4.79 Å². The number of nitrogens with zero attached hydrogens (tertiary/aromatic N) is 1. The smallest absolute Gasteiger partial charge is 0.319 e. The van der Waals surface area contributed by atoms with Crippen molar-refractivity contribution < 1.29 is 9.59 Å². The van der Waals surface area contributed by atoms with E-state index in [-0.39, 0.29) is 23.9 Å². The zero-order valence-corrected chi connectivity index (χ0v) is 17.1. The number of benzene rings is 2. The molecule has 3 amide bonds. The van der Waals surface area contributed by atoms with Gasteiger partial charge in [-0.15, -0.1) is 0 Å². The van der Waals surface area contributed by atoms with Gasteiger partial charge in [-0.25, -0.2) is 4.79 Å². The molecular formula is C21H23BrN2O2. The van der Waals surface area contributed by atoms with Crippen LogP contribution in [0.25, 0.3) is 0 Å². The summed E-state index contributed by atoms with van der Waals surface area (Å²) in [7, 11) is 0. The molecule has 3 rings (SSSR count). The molecule has 1 aliphatic rings. The highest BCUT2D eigenvalue weighted by atomic mass is 79.9. The maximum atomic E-state index is 13.0. The molecule has 0 aliphatic carbocycles. The van der Waals surface area contributed by atoms with Crippen LogP contribution < -0.4 is 5.32 Å². The van der Waals surface area contributed by atoms with E-state index in [4.69, 9.17) is 0 Å². The minimum atomic E-state index is -1.04. The Morgan fingerprint density at radius 1 is 1.00 bits per heavy atom. The third kappa shape index (κ3) is 3.40. The van der Waals surface area contributed by atoms with Gasteiger partial charge in [-0.1, -0.05) is 73.1 Å². The van der Waals surface area contributed by atoms with Crippen LogP contribution in [0.15, 0.2) is 53.0 Å². The van der Waals surface area contributed by atoms with Crippen molar-refractivity contribution in [3.63, 3.8) is 0 Å². The molecule has 1 saturated heterocycles. The molecule has 0 radical (unpaired) electrons. The van der Waals surface area contributed by atoms with E-state index in [1.165, 1.54) is 10.5 Å². The van der Waals surface area contributed by atoms with Crippen LogP contribution in [-0.2, 0) is 22.3 Å². The number of nitrogens with one attached hydrogen (secondary N) is 1. The SMILES string of the molecule is CC(C)(C)c1ccc([C@@]2(C)NC(=O)N(Cc3ccc(Br)cc3)C2=O)cc1. The van der Waals surface area contributed by atoms with Gasteiger partial charge in [0.25, 0.3) is 5.91 Å². The van der Waals surface area contributed by atoms with Crippen molar-refractivity contribution in [2.45, 2.75) is 45.2 Å². The number of carbonyl (C=O) groups is 2. The fourth-order valence-electron chi connectivity index (χ4n) is 3.11. The molecule has 0 unspecified atom stereocenters. The lowest BCUT2D eigenvalue weighted by atomic mass is 9.84. The zero-order chi connectivity index (χ0) is 19.1. The monoisotopic (exact) mass is 414 g/mol. The number of hydrogen-bond donors (Lipinski definition) is 1. The average molecular weight is 415 g/mol. The first-order chi connectivity index (χ1) is 12.1. The summed E-state index contributed by atoms with van der Waals surface area (Å²) in [4.78, 5) is 26.8. The number of halogens is 1. The topological polar surface area (TPSA) is 49.4 Å². The Balaban J connectivity index is 1.85. The fourth-order valence-corrected chi connectivity index (χ4v) is 3.38. The minimum absolute atomic E-state index is 0.0377. The molecule has 0 spiro atoms. The first-order valence-electron chi connectivity index (χ1n) is 8.61. The van der Waals surface area contributed by atoms with Crippen LogP contribution in [0.5, 0.6) is 0 Å². The predicted molar refractivity (Wildman–Crippen MR) is 106 cm³/mol. The van der Waals surface area contributed by atoms with Gasteiger partial charge in [0.05, 0.1) is 6.54 Å².